The first-order chi connectivity index (χ1) is 11.7. The molecular formula is C19H23NO3S. The lowest BCUT2D eigenvalue weighted by Gasteiger charge is -2.06. The summed E-state index contributed by atoms with van der Waals surface area (Å²) < 4.78 is 5.49. The van der Waals surface area contributed by atoms with Crippen LogP contribution in [0.2, 0.25) is 0 Å². The molecule has 0 atom stereocenters. The van der Waals surface area contributed by atoms with Crippen LogP contribution in [0, 0.1) is 0 Å². The molecule has 1 N–H and O–H groups in total. The van der Waals surface area contributed by atoms with Gasteiger partial charge in [-0.1, -0.05) is 13.0 Å². The van der Waals surface area contributed by atoms with Crippen molar-refractivity contribution in [3.05, 3.63) is 52.2 Å². The number of thiophene rings is 1. The molecule has 0 unspecified atom stereocenters. The average Bonchev–Trinajstić information content (AvgIpc) is 3.11. The van der Waals surface area contributed by atoms with Crippen molar-refractivity contribution in [2.24, 2.45) is 0 Å². The zero-order chi connectivity index (χ0) is 17.2. The van der Waals surface area contributed by atoms with Gasteiger partial charge >= 0.3 is 0 Å². The molecule has 0 spiro atoms. The molecule has 0 aliphatic rings. The molecule has 0 bridgehead atoms. The number of carbonyl (C=O) groups is 2. The van der Waals surface area contributed by atoms with E-state index in [9.17, 15) is 9.59 Å². The Morgan fingerprint density at radius 1 is 1.12 bits per heavy atom. The van der Waals surface area contributed by atoms with Crippen molar-refractivity contribution in [2.45, 2.75) is 32.6 Å². The second-order valence-corrected chi connectivity index (χ2v) is 6.51. The summed E-state index contributed by atoms with van der Waals surface area (Å²) in [5, 5.41) is 4.88. The van der Waals surface area contributed by atoms with Crippen LogP contribution in [-0.2, 0) is 11.2 Å². The molecule has 2 rings (SSSR count). The van der Waals surface area contributed by atoms with Gasteiger partial charge in [-0.05, 0) is 48.6 Å². The monoisotopic (exact) mass is 345 g/mol. The van der Waals surface area contributed by atoms with Crippen molar-refractivity contribution in [1.29, 1.82) is 0 Å². The highest BCUT2D eigenvalue weighted by Gasteiger charge is 2.09. The zero-order valence-corrected chi connectivity index (χ0v) is 14.7. The van der Waals surface area contributed by atoms with E-state index in [1.807, 2.05) is 24.4 Å². The molecule has 0 aliphatic carbocycles. The third-order valence-electron chi connectivity index (χ3n) is 3.50. The maximum Gasteiger partial charge on any atom is 0.220 e. The topological polar surface area (TPSA) is 55.4 Å². The van der Waals surface area contributed by atoms with Crippen LogP contribution in [0.25, 0.3) is 0 Å². The first kappa shape index (κ1) is 18.2. The zero-order valence-electron chi connectivity index (χ0n) is 13.9. The Labute approximate surface area is 146 Å². The molecule has 1 heterocycles. The van der Waals surface area contributed by atoms with Crippen molar-refractivity contribution in [1.82, 2.24) is 5.32 Å². The van der Waals surface area contributed by atoms with Crippen molar-refractivity contribution >= 4 is 23.0 Å². The molecule has 1 aromatic heterocycles. The molecule has 1 amide bonds. The number of Topliss-reactive ketones (excluding diaryl/α,β-unsaturated/α-hetero) is 1. The minimum atomic E-state index is -0.0807. The Morgan fingerprint density at radius 2 is 1.92 bits per heavy atom. The number of ether oxygens (including phenoxy) is 1. The highest BCUT2D eigenvalue weighted by atomic mass is 32.1. The van der Waals surface area contributed by atoms with Crippen LogP contribution < -0.4 is 10.1 Å². The number of nitrogens with one attached hydrogen (secondary N) is 1. The Kier molecular flexibility index (Phi) is 7.49. The molecule has 5 heteroatoms. The maximum atomic E-state index is 12.1. The average molecular weight is 345 g/mol. The molecule has 4 nitrogen and oxygen atoms in total. The first-order valence-electron chi connectivity index (χ1n) is 8.24. The van der Waals surface area contributed by atoms with Gasteiger partial charge in [0.05, 0.1) is 6.61 Å². The van der Waals surface area contributed by atoms with E-state index >= 15 is 0 Å². The van der Waals surface area contributed by atoms with E-state index in [0.29, 0.717) is 18.7 Å². The number of hydrogen-bond donors (Lipinski definition) is 1. The quantitative estimate of drug-likeness (QED) is 0.665. The minimum Gasteiger partial charge on any atom is -0.494 e. The molecule has 0 radical (unpaired) electrons. The summed E-state index contributed by atoms with van der Waals surface area (Å²) in [6.45, 7) is 3.32. The summed E-state index contributed by atoms with van der Waals surface area (Å²) in [6, 6.07) is 11.1. The van der Waals surface area contributed by atoms with E-state index in [1.54, 1.807) is 35.6 Å². The number of benzene rings is 1. The van der Waals surface area contributed by atoms with Crippen LogP contribution >= 0.6 is 11.3 Å². The van der Waals surface area contributed by atoms with Gasteiger partial charge in [-0.15, -0.1) is 11.3 Å². The smallest absolute Gasteiger partial charge is 0.220 e. The molecule has 1 aromatic carbocycles. The first-order valence-corrected chi connectivity index (χ1v) is 9.12. The fourth-order valence-electron chi connectivity index (χ4n) is 2.20. The summed E-state index contributed by atoms with van der Waals surface area (Å²) in [5.41, 5.74) is 0.616. The summed E-state index contributed by atoms with van der Waals surface area (Å²) in [4.78, 5) is 25.2. The van der Waals surface area contributed by atoms with Gasteiger partial charge in [-0.25, -0.2) is 0 Å². The van der Waals surface area contributed by atoms with Gasteiger partial charge in [0, 0.05) is 29.8 Å². The van der Waals surface area contributed by atoms with E-state index in [2.05, 4.69) is 5.32 Å². The molecular weight excluding hydrogens is 322 g/mol. The molecule has 24 heavy (non-hydrogen) atoms. The predicted octanol–water partition coefficient (Wildman–Crippen LogP) is 3.86. The van der Waals surface area contributed by atoms with E-state index < -0.39 is 0 Å². The Balaban J connectivity index is 1.68. The summed E-state index contributed by atoms with van der Waals surface area (Å²) in [5.74, 6) is 0.660. The lowest BCUT2D eigenvalue weighted by molar-refractivity contribution is -0.121. The fourth-order valence-corrected chi connectivity index (χ4v) is 2.91. The van der Waals surface area contributed by atoms with Gasteiger partial charge in [0.15, 0.2) is 5.78 Å². The maximum absolute atomic E-state index is 12.1. The highest BCUT2D eigenvalue weighted by molar-refractivity contribution is 7.09. The Hall–Kier alpha value is -2.14. The van der Waals surface area contributed by atoms with Gasteiger partial charge in [0.2, 0.25) is 5.91 Å². The Morgan fingerprint density at radius 3 is 2.58 bits per heavy atom. The van der Waals surface area contributed by atoms with Crippen molar-refractivity contribution in [3.8, 4) is 5.75 Å². The van der Waals surface area contributed by atoms with Crippen LogP contribution in [0.15, 0.2) is 41.8 Å². The molecule has 0 fully saturated rings. The number of hydrogen-bond acceptors (Lipinski definition) is 4. The highest BCUT2D eigenvalue weighted by Crippen LogP contribution is 2.14. The molecule has 128 valence electrons. The van der Waals surface area contributed by atoms with E-state index in [4.69, 9.17) is 4.74 Å². The van der Waals surface area contributed by atoms with Crippen molar-refractivity contribution in [2.75, 3.05) is 13.2 Å². The number of ketones is 1. The van der Waals surface area contributed by atoms with Gasteiger partial charge in [0.25, 0.3) is 0 Å². The van der Waals surface area contributed by atoms with Crippen molar-refractivity contribution in [3.63, 3.8) is 0 Å². The summed E-state index contributed by atoms with van der Waals surface area (Å²) in [6.07, 6.45) is 2.22. The number of carbonyl (C=O) groups excluding carboxylic acids is 2. The van der Waals surface area contributed by atoms with E-state index in [1.165, 1.54) is 4.88 Å². The normalized spacial score (nSPS) is 10.4. The SMILES string of the molecule is CCCOc1ccc(C(=O)CCC(=O)NCCc2cccs2)cc1. The van der Waals surface area contributed by atoms with Crippen LogP contribution in [0.4, 0.5) is 0 Å². The van der Waals surface area contributed by atoms with Crippen LogP contribution in [0.3, 0.4) is 0 Å². The van der Waals surface area contributed by atoms with Gasteiger partial charge < -0.3 is 10.1 Å². The minimum absolute atomic E-state index is 0.0227. The van der Waals surface area contributed by atoms with E-state index in [0.717, 1.165) is 18.6 Å². The molecule has 2 aromatic rings. The van der Waals surface area contributed by atoms with E-state index in [-0.39, 0.29) is 24.5 Å². The lowest BCUT2D eigenvalue weighted by atomic mass is 10.1. The second-order valence-electron chi connectivity index (χ2n) is 5.48. The second kappa shape index (κ2) is 9.88. The predicted molar refractivity (Wildman–Crippen MR) is 96.8 cm³/mol. The third-order valence-corrected chi connectivity index (χ3v) is 4.44. The molecule has 0 aliphatic heterocycles. The van der Waals surface area contributed by atoms with Crippen LogP contribution in [-0.4, -0.2) is 24.8 Å². The summed E-state index contributed by atoms with van der Waals surface area (Å²) >= 11 is 1.68. The van der Waals surface area contributed by atoms with Gasteiger partial charge in [-0.3, -0.25) is 9.59 Å². The third kappa shape index (κ3) is 6.16. The standard InChI is InChI=1S/C19H23NO3S/c1-2-13-23-16-7-5-15(6-8-16)18(21)9-10-19(22)20-12-11-17-4-3-14-24-17/h3-8,14H,2,9-13H2,1H3,(H,20,22). The molecule has 0 saturated heterocycles. The van der Waals surface area contributed by atoms with Gasteiger partial charge in [-0.2, -0.15) is 0 Å². The fraction of sp³-hybridized carbons (Fsp3) is 0.368. The molecule has 0 saturated carbocycles. The largest absolute Gasteiger partial charge is 0.494 e. The van der Waals surface area contributed by atoms with Crippen LogP contribution in [0.1, 0.15) is 41.4 Å². The van der Waals surface area contributed by atoms with Crippen molar-refractivity contribution < 1.29 is 14.3 Å². The van der Waals surface area contributed by atoms with Gasteiger partial charge in [0.1, 0.15) is 5.75 Å². The lowest BCUT2D eigenvalue weighted by Crippen LogP contribution is -2.25. The number of amides is 1. The Bertz CT molecular complexity index is 635. The summed E-state index contributed by atoms with van der Waals surface area (Å²) in [7, 11) is 0. The number of rotatable bonds is 10. The van der Waals surface area contributed by atoms with Crippen LogP contribution in [0.5, 0.6) is 5.75 Å².